The first-order chi connectivity index (χ1) is 8.56. The van der Waals surface area contributed by atoms with Gasteiger partial charge in [-0.25, -0.2) is 4.79 Å². The van der Waals surface area contributed by atoms with Crippen molar-refractivity contribution < 1.29 is 14.4 Å². The van der Waals surface area contributed by atoms with Crippen molar-refractivity contribution in [3.05, 3.63) is 34.9 Å². The van der Waals surface area contributed by atoms with Crippen molar-refractivity contribution in [3.63, 3.8) is 0 Å². The van der Waals surface area contributed by atoms with Crippen LogP contribution in [0.1, 0.15) is 12.5 Å². The van der Waals surface area contributed by atoms with Crippen LogP contribution in [0.5, 0.6) is 0 Å². The maximum atomic E-state index is 11.8. The van der Waals surface area contributed by atoms with Crippen LogP contribution in [0.4, 0.5) is 4.79 Å². The Balaban J connectivity index is 2.25. The molecule has 18 heavy (non-hydrogen) atoms. The topological polar surface area (TPSA) is 57.7 Å². The van der Waals surface area contributed by atoms with Crippen LogP contribution in [0.15, 0.2) is 24.3 Å². The molecule has 0 spiro atoms. The number of hydrogen-bond donors (Lipinski definition) is 0. The second-order valence-corrected chi connectivity index (χ2v) is 4.22. The van der Waals surface area contributed by atoms with Gasteiger partial charge in [0, 0.05) is 11.6 Å². The Labute approximate surface area is 109 Å². The van der Waals surface area contributed by atoms with Gasteiger partial charge in [0.2, 0.25) is 0 Å². The van der Waals surface area contributed by atoms with Gasteiger partial charge >= 0.3 is 17.8 Å². The fraction of sp³-hybridized carbons (Fsp3) is 0.250. The Morgan fingerprint density at radius 3 is 2.22 bits per heavy atom. The largest absolute Gasteiger partial charge is 0.334 e. The highest BCUT2D eigenvalue weighted by molar-refractivity contribution is 6.44. The molecule has 0 unspecified atom stereocenters. The quantitative estimate of drug-likeness (QED) is 0.617. The highest BCUT2D eigenvalue weighted by atomic mass is 35.5. The molecule has 1 heterocycles. The smallest absolute Gasteiger partial charge is 0.263 e. The first kappa shape index (κ1) is 12.6. The number of likely N-dealkylation sites (N-methyl/N-ethyl adjacent to an activating group) is 1. The van der Waals surface area contributed by atoms with E-state index in [-0.39, 0.29) is 13.1 Å². The lowest BCUT2D eigenvalue weighted by atomic mass is 10.2. The molecule has 0 aromatic heterocycles. The summed E-state index contributed by atoms with van der Waals surface area (Å²) in [6, 6.07) is 6.30. The average molecular weight is 267 g/mol. The summed E-state index contributed by atoms with van der Waals surface area (Å²) < 4.78 is 0. The van der Waals surface area contributed by atoms with Crippen LogP contribution >= 0.6 is 11.6 Å². The Bertz CT molecular complexity index is 530. The Kier molecular flexibility index (Phi) is 3.34. The van der Waals surface area contributed by atoms with E-state index in [1.165, 1.54) is 0 Å². The molecule has 94 valence electrons. The number of imide groups is 2. The number of hydrogen-bond acceptors (Lipinski definition) is 3. The molecule has 0 radical (unpaired) electrons. The fourth-order valence-electron chi connectivity index (χ4n) is 1.77. The van der Waals surface area contributed by atoms with Gasteiger partial charge in [-0.3, -0.25) is 19.4 Å². The van der Waals surface area contributed by atoms with Gasteiger partial charge in [-0.15, -0.1) is 0 Å². The van der Waals surface area contributed by atoms with Gasteiger partial charge in [-0.1, -0.05) is 29.8 Å². The first-order valence-electron chi connectivity index (χ1n) is 5.47. The summed E-state index contributed by atoms with van der Waals surface area (Å²) in [6.45, 7) is 1.84. The molecular formula is C12H11ClN2O3. The van der Waals surface area contributed by atoms with Crippen molar-refractivity contribution in [2.24, 2.45) is 0 Å². The van der Waals surface area contributed by atoms with E-state index in [2.05, 4.69) is 0 Å². The second-order valence-electron chi connectivity index (χ2n) is 3.81. The molecule has 5 nitrogen and oxygen atoms in total. The summed E-state index contributed by atoms with van der Waals surface area (Å²) in [4.78, 5) is 36.9. The Morgan fingerprint density at radius 2 is 1.67 bits per heavy atom. The molecule has 1 aromatic rings. The number of benzene rings is 1. The van der Waals surface area contributed by atoms with Crippen LogP contribution < -0.4 is 0 Å². The minimum absolute atomic E-state index is 0.0135. The van der Waals surface area contributed by atoms with E-state index in [1.807, 2.05) is 0 Å². The van der Waals surface area contributed by atoms with Gasteiger partial charge in [0.1, 0.15) is 0 Å². The van der Waals surface area contributed by atoms with Gasteiger partial charge in [0.25, 0.3) is 0 Å². The lowest BCUT2D eigenvalue weighted by Crippen LogP contribution is -2.32. The molecule has 1 aliphatic heterocycles. The summed E-state index contributed by atoms with van der Waals surface area (Å²) in [5.74, 6) is -1.59. The van der Waals surface area contributed by atoms with E-state index in [0.29, 0.717) is 10.6 Å². The summed E-state index contributed by atoms with van der Waals surface area (Å²) in [5, 5.41) is 0.459. The number of halogens is 1. The zero-order valence-corrected chi connectivity index (χ0v) is 10.5. The number of rotatable bonds is 3. The van der Waals surface area contributed by atoms with Crippen molar-refractivity contribution in [2.75, 3.05) is 6.54 Å². The number of urea groups is 1. The Hall–Kier alpha value is -1.88. The lowest BCUT2D eigenvalue weighted by molar-refractivity contribution is -0.143. The maximum Gasteiger partial charge on any atom is 0.334 e. The molecule has 0 atom stereocenters. The predicted molar refractivity (Wildman–Crippen MR) is 64.8 cm³/mol. The normalized spacial score (nSPS) is 15.8. The number of carbonyl (C=O) groups excluding carboxylic acids is 3. The number of nitrogens with zero attached hydrogens (tertiary/aromatic N) is 2. The third-order valence-corrected chi connectivity index (χ3v) is 3.11. The predicted octanol–water partition coefficient (Wildman–Crippen LogP) is 1.65. The molecule has 1 saturated heterocycles. The molecule has 0 bridgehead atoms. The SMILES string of the molecule is CCN1C(=O)C(=O)N(Cc2ccccc2Cl)C1=O. The van der Waals surface area contributed by atoms with E-state index < -0.39 is 17.8 Å². The molecule has 1 aliphatic rings. The van der Waals surface area contributed by atoms with Crippen molar-refractivity contribution in [2.45, 2.75) is 13.5 Å². The van der Waals surface area contributed by atoms with Crippen LogP contribution in [0.25, 0.3) is 0 Å². The summed E-state index contributed by atoms with van der Waals surface area (Å²) in [7, 11) is 0. The molecule has 1 aromatic carbocycles. The minimum atomic E-state index is -0.804. The van der Waals surface area contributed by atoms with Crippen molar-refractivity contribution in [3.8, 4) is 0 Å². The van der Waals surface area contributed by atoms with Crippen LogP contribution in [0.2, 0.25) is 5.02 Å². The van der Waals surface area contributed by atoms with Crippen LogP contribution in [0, 0.1) is 0 Å². The minimum Gasteiger partial charge on any atom is -0.263 e. The first-order valence-corrected chi connectivity index (χ1v) is 5.84. The van der Waals surface area contributed by atoms with Gasteiger partial charge in [0.15, 0.2) is 0 Å². The summed E-state index contributed by atoms with van der Waals surface area (Å²) in [6.07, 6.45) is 0. The van der Waals surface area contributed by atoms with E-state index in [9.17, 15) is 14.4 Å². The number of amides is 4. The molecule has 0 saturated carbocycles. The van der Waals surface area contributed by atoms with Crippen molar-refractivity contribution >= 4 is 29.4 Å². The van der Waals surface area contributed by atoms with Gasteiger partial charge < -0.3 is 0 Å². The van der Waals surface area contributed by atoms with E-state index in [0.717, 1.165) is 9.80 Å². The van der Waals surface area contributed by atoms with Gasteiger partial charge in [0.05, 0.1) is 6.54 Å². The third-order valence-electron chi connectivity index (χ3n) is 2.74. The summed E-state index contributed by atoms with van der Waals surface area (Å²) in [5.41, 5.74) is 0.631. The molecule has 2 rings (SSSR count). The van der Waals surface area contributed by atoms with Crippen LogP contribution in [-0.2, 0) is 16.1 Å². The molecule has 6 heteroatoms. The molecular weight excluding hydrogens is 256 g/mol. The molecule has 0 N–H and O–H groups in total. The number of carbonyl (C=O) groups is 3. The standard InChI is InChI=1S/C12H11ClN2O3/c1-2-14-10(16)11(17)15(12(14)18)7-8-5-3-4-6-9(8)13/h3-6H,2,7H2,1H3. The van der Waals surface area contributed by atoms with Gasteiger partial charge in [-0.05, 0) is 18.6 Å². The Morgan fingerprint density at radius 1 is 1.06 bits per heavy atom. The van der Waals surface area contributed by atoms with Crippen molar-refractivity contribution in [1.29, 1.82) is 0 Å². The second kappa shape index (κ2) is 4.78. The van der Waals surface area contributed by atoms with E-state index >= 15 is 0 Å². The van der Waals surface area contributed by atoms with E-state index in [4.69, 9.17) is 11.6 Å². The van der Waals surface area contributed by atoms with Crippen LogP contribution in [0.3, 0.4) is 0 Å². The monoisotopic (exact) mass is 266 g/mol. The van der Waals surface area contributed by atoms with Crippen molar-refractivity contribution in [1.82, 2.24) is 9.80 Å². The third kappa shape index (κ3) is 1.97. The van der Waals surface area contributed by atoms with E-state index in [1.54, 1.807) is 31.2 Å². The average Bonchev–Trinajstić information content (AvgIpc) is 2.56. The zero-order chi connectivity index (χ0) is 13.3. The maximum absolute atomic E-state index is 11.8. The van der Waals surface area contributed by atoms with Crippen LogP contribution in [-0.4, -0.2) is 34.2 Å². The highest BCUT2D eigenvalue weighted by Crippen LogP contribution is 2.20. The fourth-order valence-corrected chi connectivity index (χ4v) is 1.96. The van der Waals surface area contributed by atoms with Gasteiger partial charge in [-0.2, -0.15) is 0 Å². The lowest BCUT2D eigenvalue weighted by Gasteiger charge is -2.14. The molecule has 0 aliphatic carbocycles. The highest BCUT2D eigenvalue weighted by Gasteiger charge is 2.43. The summed E-state index contributed by atoms with van der Waals surface area (Å²) >= 11 is 5.96. The molecule has 1 fully saturated rings. The molecule has 4 amide bonds. The zero-order valence-electron chi connectivity index (χ0n) is 9.72.